The highest BCUT2D eigenvalue weighted by molar-refractivity contribution is 7.92. The van der Waals surface area contributed by atoms with Crippen molar-refractivity contribution in [1.29, 1.82) is 0 Å². The van der Waals surface area contributed by atoms with Gasteiger partial charge in [-0.05, 0) is 60.5 Å². The van der Waals surface area contributed by atoms with Gasteiger partial charge in [0.2, 0.25) is 0 Å². The number of carboxylic acids is 1. The maximum absolute atomic E-state index is 14.0. The highest BCUT2D eigenvalue weighted by Crippen LogP contribution is 2.30. The first-order valence-electron chi connectivity index (χ1n) is 9.87. The Kier molecular flexibility index (Phi) is 5.86. The number of nitrogens with one attached hydrogen (secondary N) is 1. The van der Waals surface area contributed by atoms with Gasteiger partial charge in [0.15, 0.2) is 5.03 Å². The number of pyridine rings is 1. The lowest BCUT2D eigenvalue weighted by Crippen LogP contribution is -2.17. The van der Waals surface area contributed by atoms with E-state index in [1.54, 1.807) is 23.6 Å². The summed E-state index contributed by atoms with van der Waals surface area (Å²) in [7, 11) is -4.17. The summed E-state index contributed by atoms with van der Waals surface area (Å²) in [5.41, 5.74) is 2.05. The molecule has 0 unspecified atom stereocenters. The van der Waals surface area contributed by atoms with E-state index in [1.165, 1.54) is 42.6 Å². The Labute approximate surface area is 188 Å². The zero-order valence-corrected chi connectivity index (χ0v) is 18.2. The number of hydrogen-bond donors (Lipinski definition) is 2. The molecule has 0 aliphatic heterocycles. The molecule has 0 fully saturated rings. The van der Waals surface area contributed by atoms with Gasteiger partial charge in [-0.1, -0.05) is 12.1 Å². The molecular weight excluding hydrogens is 452 g/mol. The lowest BCUT2D eigenvalue weighted by atomic mass is 10.0. The minimum atomic E-state index is -4.17. The summed E-state index contributed by atoms with van der Waals surface area (Å²) in [6.07, 6.45) is 1.38. The number of carboxylic acid groups (broad SMARTS) is 1. The predicted molar refractivity (Wildman–Crippen MR) is 119 cm³/mol. The van der Waals surface area contributed by atoms with E-state index >= 15 is 0 Å². The van der Waals surface area contributed by atoms with Crippen LogP contribution < -0.4 is 4.72 Å². The van der Waals surface area contributed by atoms with Gasteiger partial charge >= 0.3 is 5.97 Å². The Morgan fingerprint density at radius 2 is 1.85 bits per heavy atom. The van der Waals surface area contributed by atoms with Crippen molar-refractivity contribution in [3.05, 3.63) is 89.2 Å². The average molecular weight is 471 g/mol. The van der Waals surface area contributed by atoms with Crippen LogP contribution in [0, 0.1) is 18.6 Å². The largest absolute Gasteiger partial charge is 0.480 e. The van der Waals surface area contributed by atoms with Crippen LogP contribution in [0.1, 0.15) is 16.8 Å². The number of nitrogens with zero attached hydrogens (tertiary/aromatic N) is 2. The maximum Gasteiger partial charge on any atom is 0.323 e. The minimum absolute atomic E-state index is 0.0444. The molecule has 2 N–H and O–H groups in total. The van der Waals surface area contributed by atoms with Crippen LogP contribution in [-0.2, 0) is 27.8 Å². The first kappa shape index (κ1) is 22.4. The third-order valence-corrected chi connectivity index (χ3v) is 6.64. The molecule has 2 heterocycles. The zero-order valence-electron chi connectivity index (χ0n) is 17.4. The van der Waals surface area contributed by atoms with Crippen LogP contribution in [0.3, 0.4) is 0 Å². The second kappa shape index (κ2) is 8.62. The smallest absolute Gasteiger partial charge is 0.323 e. The fourth-order valence-electron chi connectivity index (χ4n) is 3.83. The van der Waals surface area contributed by atoms with E-state index in [2.05, 4.69) is 9.71 Å². The SMILES string of the molecule is Cc1c(Cc2cccnc2S(=O)(=O)Nc2cccc(F)c2)c2cc(F)ccc2n1CC(=O)O. The summed E-state index contributed by atoms with van der Waals surface area (Å²) in [5.74, 6) is -2.15. The normalized spacial score (nSPS) is 11.6. The van der Waals surface area contributed by atoms with E-state index in [-0.39, 0.29) is 23.7 Å². The summed E-state index contributed by atoms with van der Waals surface area (Å²) in [6, 6.07) is 12.2. The second-order valence-corrected chi connectivity index (χ2v) is 9.06. The molecular formula is C23H19F2N3O4S. The van der Waals surface area contributed by atoms with Crippen molar-refractivity contribution >= 4 is 32.6 Å². The number of carbonyl (C=O) groups is 1. The summed E-state index contributed by atoms with van der Waals surface area (Å²) in [4.78, 5) is 15.4. The Balaban J connectivity index is 1.79. The molecule has 170 valence electrons. The fraction of sp³-hybridized carbons (Fsp3) is 0.130. The summed E-state index contributed by atoms with van der Waals surface area (Å²) in [6.45, 7) is 1.37. The van der Waals surface area contributed by atoms with Crippen molar-refractivity contribution < 1.29 is 27.1 Å². The van der Waals surface area contributed by atoms with Crippen molar-refractivity contribution in [3.63, 3.8) is 0 Å². The molecule has 33 heavy (non-hydrogen) atoms. The minimum Gasteiger partial charge on any atom is -0.480 e. The molecule has 0 saturated carbocycles. The molecule has 4 aromatic rings. The molecule has 2 aromatic heterocycles. The van der Waals surface area contributed by atoms with Gasteiger partial charge in [-0.2, -0.15) is 8.42 Å². The van der Waals surface area contributed by atoms with Crippen LogP contribution >= 0.6 is 0 Å². The highest BCUT2D eigenvalue weighted by atomic mass is 32.2. The molecule has 0 bridgehead atoms. The zero-order chi connectivity index (χ0) is 23.8. The van der Waals surface area contributed by atoms with E-state index in [1.807, 2.05) is 0 Å². The Bertz CT molecular complexity index is 1480. The van der Waals surface area contributed by atoms with E-state index in [0.717, 1.165) is 6.07 Å². The molecule has 0 saturated heterocycles. The molecule has 2 aromatic carbocycles. The Hall–Kier alpha value is -3.79. The molecule has 4 rings (SSSR count). The van der Waals surface area contributed by atoms with Gasteiger partial charge in [0.05, 0.1) is 5.69 Å². The number of hydrogen-bond acceptors (Lipinski definition) is 4. The average Bonchev–Trinajstić information content (AvgIpc) is 2.98. The second-order valence-electron chi connectivity index (χ2n) is 7.47. The number of sulfonamides is 1. The van der Waals surface area contributed by atoms with Gasteiger partial charge in [0.25, 0.3) is 10.0 Å². The monoisotopic (exact) mass is 471 g/mol. The van der Waals surface area contributed by atoms with Crippen LogP contribution in [0.4, 0.5) is 14.5 Å². The molecule has 0 radical (unpaired) electrons. The third kappa shape index (κ3) is 4.56. The Morgan fingerprint density at radius 3 is 2.58 bits per heavy atom. The van der Waals surface area contributed by atoms with Crippen LogP contribution in [0.5, 0.6) is 0 Å². The molecule has 0 spiro atoms. The van der Waals surface area contributed by atoms with E-state index < -0.39 is 27.6 Å². The molecule has 7 nitrogen and oxygen atoms in total. The van der Waals surface area contributed by atoms with Crippen molar-refractivity contribution in [2.45, 2.75) is 24.9 Å². The number of benzene rings is 2. The van der Waals surface area contributed by atoms with Crippen molar-refractivity contribution in [2.24, 2.45) is 0 Å². The number of anilines is 1. The van der Waals surface area contributed by atoms with Crippen molar-refractivity contribution in [2.75, 3.05) is 4.72 Å². The number of halogens is 2. The predicted octanol–water partition coefficient (Wildman–Crippen LogP) is 4.10. The van der Waals surface area contributed by atoms with Gasteiger partial charge < -0.3 is 9.67 Å². The molecule has 0 aliphatic carbocycles. The number of rotatable bonds is 7. The number of aliphatic carboxylic acids is 1. The summed E-state index contributed by atoms with van der Waals surface area (Å²) in [5, 5.41) is 9.52. The highest BCUT2D eigenvalue weighted by Gasteiger charge is 2.23. The first-order valence-corrected chi connectivity index (χ1v) is 11.4. The van der Waals surface area contributed by atoms with Crippen molar-refractivity contribution in [3.8, 4) is 0 Å². The van der Waals surface area contributed by atoms with Gasteiger partial charge in [-0.25, -0.2) is 13.8 Å². The topological polar surface area (TPSA) is 101 Å². The van der Waals surface area contributed by atoms with E-state index in [0.29, 0.717) is 27.7 Å². The lowest BCUT2D eigenvalue weighted by molar-refractivity contribution is -0.137. The number of fused-ring (bicyclic) bond motifs is 1. The van der Waals surface area contributed by atoms with Crippen LogP contribution in [0.15, 0.2) is 65.8 Å². The Morgan fingerprint density at radius 1 is 1.09 bits per heavy atom. The maximum atomic E-state index is 14.0. The quantitative estimate of drug-likeness (QED) is 0.423. The molecule has 0 amide bonds. The lowest BCUT2D eigenvalue weighted by Gasteiger charge is -2.12. The van der Waals surface area contributed by atoms with Gasteiger partial charge in [0, 0.05) is 29.2 Å². The van der Waals surface area contributed by atoms with Gasteiger partial charge in [0.1, 0.15) is 18.2 Å². The van der Waals surface area contributed by atoms with Gasteiger partial charge in [-0.15, -0.1) is 0 Å². The van der Waals surface area contributed by atoms with Gasteiger partial charge in [-0.3, -0.25) is 9.52 Å². The third-order valence-electron chi connectivity index (χ3n) is 5.26. The van der Waals surface area contributed by atoms with E-state index in [4.69, 9.17) is 0 Å². The van der Waals surface area contributed by atoms with Crippen molar-refractivity contribution in [1.82, 2.24) is 9.55 Å². The van der Waals surface area contributed by atoms with E-state index in [9.17, 15) is 27.1 Å². The standard InChI is InChI=1S/C23H19F2N3O4S/c1-14-19(20-12-17(25)7-8-21(20)28(14)13-22(29)30)10-15-4-3-9-26-23(15)33(31,32)27-18-6-2-5-16(24)11-18/h2-9,11-12,27H,10,13H2,1H3,(H,29,30). The van der Waals surface area contributed by atoms with Crippen LogP contribution in [0.2, 0.25) is 0 Å². The summed E-state index contributed by atoms with van der Waals surface area (Å²) >= 11 is 0. The molecule has 0 aliphatic rings. The first-order chi connectivity index (χ1) is 15.7. The number of aromatic nitrogens is 2. The fourth-order valence-corrected chi connectivity index (χ4v) is 5.05. The molecule has 0 atom stereocenters. The van der Waals surface area contributed by atoms with Crippen LogP contribution in [0.25, 0.3) is 10.9 Å². The van der Waals surface area contributed by atoms with Crippen LogP contribution in [-0.4, -0.2) is 29.0 Å². The summed E-state index contributed by atoms with van der Waals surface area (Å²) < 4.78 is 57.5. The molecule has 10 heteroatoms.